The van der Waals surface area contributed by atoms with E-state index in [1.54, 1.807) is 18.2 Å². The van der Waals surface area contributed by atoms with Crippen LogP contribution in [-0.4, -0.2) is 49.7 Å². The quantitative estimate of drug-likeness (QED) is 0.696. The Bertz CT molecular complexity index is 814. The Morgan fingerprint density at radius 3 is 2.32 bits per heavy atom. The Hall–Kier alpha value is -0.820. The average Bonchev–Trinajstić information content (AvgIpc) is 2.63. The summed E-state index contributed by atoms with van der Waals surface area (Å²) >= 11 is 12.3. The molecule has 1 aromatic carbocycles. The van der Waals surface area contributed by atoms with E-state index >= 15 is 0 Å². The minimum absolute atomic E-state index is 0.0933. The number of amides is 1. The number of hydrogen-bond donors (Lipinski definition) is 0. The largest absolute Gasteiger partial charge is 0.342 e. The van der Waals surface area contributed by atoms with Gasteiger partial charge in [-0.3, -0.25) is 4.79 Å². The molecular weight excluding hydrogens is 419 g/mol. The standard InChI is InChI=1S/C20H28Cl2N2O3S/c1-20(2)9-4-10-23(14-20)19(25)15-7-11-24(12-8-15)28(26,27)13-16-17(21)5-3-6-18(16)22/h3,5-6,15H,4,7-14H2,1-2H3. The molecule has 2 heterocycles. The number of rotatable bonds is 4. The number of carbonyl (C=O) groups excluding carboxylic acids is 1. The van der Waals surface area contributed by atoms with Crippen molar-refractivity contribution in [3.63, 3.8) is 0 Å². The number of likely N-dealkylation sites (tertiary alicyclic amines) is 1. The molecule has 0 saturated carbocycles. The smallest absolute Gasteiger partial charge is 0.225 e. The lowest BCUT2D eigenvalue weighted by atomic mass is 9.83. The predicted octanol–water partition coefficient (Wildman–Crippen LogP) is 4.18. The van der Waals surface area contributed by atoms with Crippen LogP contribution >= 0.6 is 23.2 Å². The van der Waals surface area contributed by atoms with Crippen LogP contribution < -0.4 is 0 Å². The third-order valence-electron chi connectivity index (χ3n) is 5.80. The third kappa shape index (κ3) is 5.02. The molecule has 2 saturated heterocycles. The van der Waals surface area contributed by atoms with Crippen LogP contribution in [0.4, 0.5) is 0 Å². The van der Waals surface area contributed by atoms with Gasteiger partial charge in [0, 0.05) is 47.7 Å². The van der Waals surface area contributed by atoms with Gasteiger partial charge in [0.25, 0.3) is 0 Å². The maximum atomic E-state index is 12.9. The number of halogens is 2. The first-order valence-corrected chi connectivity index (χ1v) is 12.2. The van der Waals surface area contributed by atoms with Gasteiger partial charge < -0.3 is 4.90 Å². The van der Waals surface area contributed by atoms with Gasteiger partial charge in [0.2, 0.25) is 15.9 Å². The highest BCUT2D eigenvalue weighted by molar-refractivity contribution is 7.88. The number of sulfonamides is 1. The second-order valence-electron chi connectivity index (χ2n) is 8.66. The molecule has 156 valence electrons. The number of nitrogens with zero attached hydrogens (tertiary/aromatic N) is 2. The van der Waals surface area contributed by atoms with Crippen LogP contribution in [0.1, 0.15) is 45.1 Å². The zero-order valence-corrected chi connectivity index (χ0v) is 18.8. The summed E-state index contributed by atoms with van der Waals surface area (Å²) in [4.78, 5) is 14.9. The van der Waals surface area contributed by atoms with Gasteiger partial charge in [-0.1, -0.05) is 43.1 Å². The molecule has 0 radical (unpaired) electrons. The van der Waals surface area contributed by atoms with Gasteiger partial charge in [-0.2, -0.15) is 0 Å². The van der Waals surface area contributed by atoms with Crippen molar-refractivity contribution in [2.75, 3.05) is 26.2 Å². The molecule has 3 rings (SSSR count). The van der Waals surface area contributed by atoms with Gasteiger partial charge in [0.1, 0.15) is 0 Å². The topological polar surface area (TPSA) is 57.7 Å². The molecule has 0 aliphatic carbocycles. The third-order valence-corrected chi connectivity index (χ3v) is 8.31. The van der Waals surface area contributed by atoms with Crippen molar-refractivity contribution in [1.29, 1.82) is 0 Å². The fourth-order valence-electron chi connectivity index (χ4n) is 4.19. The van der Waals surface area contributed by atoms with E-state index in [4.69, 9.17) is 23.2 Å². The normalized spacial score (nSPS) is 21.6. The minimum atomic E-state index is -3.53. The molecule has 0 unspecified atom stereocenters. The van der Waals surface area contributed by atoms with Crippen molar-refractivity contribution in [3.05, 3.63) is 33.8 Å². The van der Waals surface area contributed by atoms with Crippen molar-refractivity contribution in [2.24, 2.45) is 11.3 Å². The zero-order chi connectivity index (χ0) is 20.5. The molecule has 8 heteroatoms. The predicted molar refractivity (Wildman–Crippen MR) is 113 cm³/mol. The number of benzene rings is 1. The molecule has 0 spiro atoms. The van der Waals surface area contributed by atoms with E-state index in [1.165, 1.54) is 4.31 Å². The second kappa shape index (κ2) is 8.50. The monoisotopic (exact) mass is 446 g/mol. The van der Waals surface area contributed by atoms with Crippen LogP contribution in [0.15, 0.2) is 18.2 Å². The minimum Gasteiger partial charge on any atom is -0.342 e. The zero-order valence-electron chi connectivity index (χ0n) is 16.5. The molecule has 0 aromatic heterocycles. The van der Waals surface area contributed by atoms with Crippen molar-refractivity contribution in [2.45, 2.75) is 45.3 Å². The summed E-state index contributed by atoms with van der Waals surface area (Å²) in [6.45, 7) is 6.71. The van der Waals surface area contributed by atoms with Crippen LogP contribution in [0.25, 0.3) is 0 Å². The Morgan fingerprint density at radius 2 is 1.75 bits per heavy atom. The summed E-state index contributed by atoms with van der Waals surface area (Å²) in [7, 11) is -3.53. The molecule has 0 bridgehead atoms. The molecule has 0 N–H and O–H groups in total. The lowest BCUT2D eigenvalue weighted by molar-refractivity contribution is -0.139. The van der Waals surface area contributed by atoms with Gasteiger partial charge >= 0.3 is 0 Å². The van der Waals surface area contributed by atoms with Crippen LogP contribution in [0, 0.1) is 11.3 Å². The number of carbonyl (C=O) groups is 1. The Morgan fingerprint density at radius 1 is 1.14 bits per heavy atom. The fourth-order valence-corrected chi connectivity index (χ4v) is 6.51. The molecule has 28 heavy (non-hydrogen) atoms. The highest BCUT2D eigenvalue weighted by Crippen LogP contribution is 2.32. The fraction of sp³-hybridized carbons (Fsp3) is 0.650. The van der Waals surface area contributed by atoms with Crippen LogP contribution in [0.5, 0.6) is 0 Å². The van der Waals surface area contributed by atoms with Crippen LogP contribution in [0.2, 0.25) is 10.0 Å². The van der Waals surface area contributed by atoms with E-state index < -0.39 is 10.0 Å². The first-order valence-electron chi connectivity index (χ1n) is 9.79. The summed E-state index contributed by atoms with van der Waals surface area (Å²) in [6.07, 6.45) is 3.29. The Balaban J connectivity index is 1.61. The van der Waals surface area contributed by atoms with Crippen molar-refractivity contribution in [1.82, 2.24) is 9.21 Å². The van der Waals surface area contributed by atoms with E-state index in [0.717, 1.165) is 25.9 Å². The van der Waals surface area contributed by atoms with E-state index in [9.17, 15) is 13.2 Å². The first kappa shape index (κ1) is 21.9. The highest BCUT2D eigenvalue weighted by Gasteiger charge is 2.36. The second-order valence-corrected chi connectivity index (χ2v) is 11.4. The Labute approximate surface area is 178 Å². The summed E-state index contributed by atoms with van der Waals surface area (Å²) in [6, 6.07) is 4.98. The van der Waals surface area contributed by atoms with Gasteiger partial charge in [-0.05, 0) is 43.2 Å². The lowest BCUT2D eigenvalue weighted by Crippen LogP contribution is -2.49. The summed E-state index contributed by atoms with van der Waals surface area (Å²) < 4.78 is 27.1. The highest BCUT2D eigenvalue weighted by atomic mass is 35.5. The van der Waals surface area contributed by atoms with E-state index in [-0.39, 0.29) is 23.0 Å². The molecular formula is C20H28Cl2N2O3S. The number of piperidine rings is 2. The van der Waals surface area contributed by atoms with Gasteiger partial charge in [0.15, 0.2) is 0 Å². The molecule has 1 amide bonds. The first-order chi connectivity index (χ1) is 13.1. The van der Waals surface area contributed by atoms with Crippen LogP contribution in [0.3, 0.4) is 0 Å². The Kier molecular flexibility index (Phi) is 6.64. The van der Waals surface area contributed by atoms with E-state index in [2.05, 4.69) is 13.8 Å². The van der Waals surface area contributed by atoms with Crippen molar-refractivity contribution < 1.29 is 13.2 Å². The summed E-state index contributed by atoms with van der Waals surface area (Å²) in [5, 5.41) is 0.711. The molecule has 2 aliphatic heterocycles. The van der Waals surface area contributed by atoms with Gasteiger partial charge in [0.05, 0.1) is 5.75 Å². The SMILES string of the molecule is CC1(C)CCCN(C(=O)C2CCN(S(=O)(=O)Cc3c(Cl)cccc3Cl)CC2)C1. The van der Waals surface area contributed by atoms with E-state index in [1.807, 2.05) is 4.90 Å². The van der Waals surface area contributed by atoms with Crippen molar-refractivity contribution in [3.8, 4) is 0 Å². The van der Waals surface area contributed by atoms with Crippen molar-refractivity contribution >= 4 is 39.1 Å². The van der Waals surface area contributed by atoms with Gasteiger partial charge in [-0.15, -0.1) is 0 Å². The molecule has 1 aromatic rings. The molecule has 2 fully saturated rings. The molecule has 2 aliphatic rings. The van der Waals surface area contributed by atoms with Crippen LogP contribution in [-0.2, 0) is 20.6 Å². The average molecular weight is 447 g/mol. The number of hydrogen-bond acceptors (Lipinski definition) is 3. The summed E-state index contributed by atoms with van der Waals surface area (Å²) in [5.41, 5.74) is 0.589. The lowest BCUT2D eigenvalue weighted by Gasteiger charge is -2.40. The maximum absolute atomic E-state index is 12.9. The summed E-state index contributed by atoms with van der Waals surface area (Å²) in [5.74, 6) is -0.132. The van der Waals surface area contributed by atoms with E-state index in [0.29, 0.717) is 41.5 Å². The molecule has 0 atom stereocenters. The van der Waals surface area contributed by atoms with Gasteiger partial charge in [-0.25, -0.2) is 12.7 Å². The maximum Gasteiger partial charge on any atom is 0.225 e. The molecule has 5 nitrogen and oxygen atoms in total.